The standard InChI is InChI=1S/C22H24FN3O4/c1-27-18-12-15-19(21(29-3)20(18)28-2)24-13-25-22(15)26-10-8-14(9-11-26)30-17-7-5-4-6-16(17)23/h4-7,12-14H,8-11H2,1-3H3. The van der Waals surface area contributed by atoms with Crippen molar-refractivity contribution in [1.82, 2.24) is 9.97 Å². The summed E-state index contributed by atoms with van der Waals surface area (Å²) in [5.74, 6) is 2.31. The predicted octanol–water partition coefficient (Wildman–Crippen LogP) is 3.84. The van der Waals surface area contributed by atoms with E-state index in [1.807, 2.05) is 6.07 Å². The molecule has 3 aromatic rings. The number of piperidine rings is 1. The van der Waals surface area contributed by atoms with Crippen LogP contribution < -0.4 is 23.8 Å². The topological polar surface area (TPSA) is 65.9 Å². The maximum absolute atomic E-state index is 13.9. The van der Waals surface area contributed by atoms with Crippen molar-refractivity contribution >= 4 is 16.7 Å². The molecule has 0 unspecified atom stereocenters. The minimum absolute atomic E-state index is 0.0459. The molecule has 1 fully saturated rings. The largest absolute Gasteiger partial charge is 0.493 e. The van der Waals surface area contributed by atoms with Gasteiger partial charge in [-0.25, -0.2) is 14.4 Å². The van der Waals surface area contributed by atoms with Gasteiger partial charge < -0.3 is 23.8 Å². The minimum atomic E-state index is -0.338. The molecule has 30 heavy (non-hydrogen) atoms. The molecule has 0 radical (unpaired) electrons. The van der Waals surface area contributed by atoms with Gasteiger partial charge in [-0.3, -0.25) is 0 Å². The summed E-state index contributed by atoms with van der Waals surface area (Å²) in [6.07, 6.45) is 2.98. The number of halogens is 1. The normalized spacial score (nSPS) is 14.6. The fourth-order valence-electron chi connectivity index (χ4n) is 3.81. The third kappa shape index (κ3) is 3.65. The molecule has 1 aliphatic rings. The van der Waals surface area contributed by atoms with Crippen LogP contribution in [0.4, 0.5) is 10.2 Å². The fourth-order valence-corrected chi connectivity index (χ4v) is 3.81. The number of fused-ring (bicyclic) bond motifs is 1. The molecular weight excluding hydrogens is 389 g/mol. The molecule has 0 saturated carbocycles. The van der Waals surface area contributed by atoms with E-state index in [9.17, 15) is 4.39 Å². The van der Waals surface area contributed by atoms with E-state index in [0.29, 0.717) is 28.5 Å². The van der Waals surface area contributed by atoms with Crippen LogP contribution in [0.15, 0.2) is 36.7 Å². The molecule has 0 bridgehead atoms. The lowest BCUT2D eigenvalue weighted by molar-refractivity contribution is 0.164. The minimum Gasteiger partial charge on any atom is -0.493 e. The number of nitrogens with zero attached hydrogens (tertiary/aromatic N) is 3. The number of aromatic nitrogens is 2. The van der Waals surface area contributed by atoms with Crippen LogP contribution >= 0.6 is 0 Å². The second-order valence-corrected chi connectivity index (χ2v) is 6.97. The van der Waals surface area contributed by atoms with Gasteiger partial charge in [0.2, 0.25) is 5.75 Å². The van der Waals surface area contributed by atoms with Gasteiger partial charge in [0, 0.05) is 25.9 Å². The Bertz CT molecular complexity index is 1040. The van der Waals surface area contributed by atoms with Crippen LogP contribution in [-0.2, 0) is 0 Å². The van der Waals surface area contributed by atoms with Crippen molar-refractivity contribution in [2.45, 2.75) is 18.9 Å². The predicted molar refractivity (Wildman–Crippen MR) is 111 cm³/mol. The molecule has 2 aromatic carbocycles. The lowest BCUT2D eigenvalue weighted by atomic mass is 10.1. The average molecular weight is 413 g/mol. The van der Waals surface area contributed by atoms with Crippen molar-refractivity contribution in [3.63, 3.8) is 0 Å². The number of hydrogen-bond acceptors (Lipinski definition) is 7. The Morgan fingerprint density at radius 1 is 0.933 bits per heavy atom. The van der Waals surface area contributed by atoms with Crippen LogP contribution in [0.25, 0.3) is 10.9 Å². The van der Waals surface area contributed by atoms with Crippen LogP contribution in [-0.4, -0.2) is 50.5 Å². The van der Waals surface area contributed by atoms with E-state index in [1.165, 1.54) is 12.4 Å². The highest BCUT2D eigenvalue weighted by molar-refractivity contribution is 5.97. The van der Waals surface area contributed by atoms with Gasteiger partial charge in [-0.05, 0) is 18.2 Å². The SMILES string of the molecule is COc1cc2c(N3CCC(Oc4ccccc4F)CC3)ncnc2c(OC)c1OC. The van der Waals surface area contributed by atoms with Crippen molar-refractivity contribution in [2.75, 3.05) is 39.3 Å². The van der Waals surface area contributed by atoms with Gasteiger partial charge in [-0.15, -0.1) is 0 Å². The number of ether oxygens (including phenoxy) is 4. The first kappa shape index (κ1) is 20.0. The smallest absolute Gasteiger partial charge is 0.205 e. The quantitative estimate of drug-likeness (QED) is 0.608. The molecular formula is C22H24FN3O4. The second-order valence-electron chi connectivity index (χ2n) is 6.97. The second kappa shape index (κ2) is 8.61. The van der Waals surface area contributed by atoms with Crippen LogP contribution in [0.1, 0.15) is 12.8 Å². The zero-order valence-corrected chi connectivity index (χ0v) is 17.2. The number of para-hydroxylation sites is 1. The summed E-state index contributed by atoms with van der Waals surface area (Å²) in [6, 6.07) is 8.37. The van der Waals surface area contributed by atoms with Gasteiger partial charge in [0.1, 0.15) is 23.8 Å². The van der Waals surface area contributed by atoms with E-state index >= 15 is 0 Å². The molecule has 7 nitrogen and oxygen atoms in total. The third-order valence-electron chi connectivity index (χ3n) is 5.28. The first-order chi connectivity index (χ1) is 14.7. The summed E-state index contributed by atoms with van der Waals surface area (Å²) in [4.78, 5) is 11.1. The monoisotopic (exact) mass is 413 g/mol. The Balaban J connectivity index is 1.59. The van der Waals surface area contributed by atoms with Crippen molar-refractivity contribution in [3.8, 4) is 23.0 Å². The Morgan fingerprint density at radius 2 is 1.67 bits per heavy atom. The van der Waals surface area contributed by atoms with E-state index in [2.05, 4.69) is 14.9 Å². The molecule has 2 heterocycles. The molecule has 0 amide bonds. The number of methoxy groups -OCH3 is 3. The summed E-state index contributed by atoms with van der Waals surface area (Å²) in [5, 5.41) is 0.820. The molecule has 4 rings (SSSR count). The Morgan fingerprint density at radius 3 is 2.33 bits per heavy atom. The number of hydrogen-bond donors (Lipinski definition) is 0. The van der Waals surface area contributed by atoms with Crippen LogP contribution in [0.5, 0.6) is 23.0 Å². The van der Waals surface area contributed by atoms with E-state index in [-0.39, 0.29) is 11.9 Å². The molecule has 8 heteroatoms. The van der Waals surface area contributed by atoms with E-state index in [4.69, 9.17) is 18.9 Å². The third-order valence-corrected chi connectivity index (χ3v) is 5.28. The first-order valence-corrected chi connectivity index (χ1v) is 9.76. The molecule has 1 aliphatic heterocycles. The molecule has 0 aliphatic carbocycles. The molecule has 0 atom stereocenters. The summed E-state index contributed by atoms with van der Waals surface area (Å²) in [7, 11) is 4.72. The molecule has 158 valence electrons. The van der Waals surface area contributed by atoms with Crippen molar-refractivity contribution in [1.29, 1.82) is 0 Å². The molecule has 1 aromatic heterocycles. The van der Waals surface area contributed by atoms with E-state index < -0.39 is 0 Å². The number of rotatable bonds is 6. The Labute approximate surface area is 174 Å². The molecule has 0 N–H and O–H groups in total. The van der Waals surface area contributed by atoms with E-state index in [1.54, 1.807) is 39.5 Å². The summed E-state index contributed by atoms with van der Waals surface area (Å²) < 4.78 is 36.3. The van der Waals surface area contributed by atoms with Gasteiger partial charge in [-0.1, -0.05) is 12.1 Å². The highest BCUT2D eigenvalue weighted by atomic mass is 19.1. The summed E-state index contributed by atoms with van der Waals surface area (Å²) in [6.45, 7) is 1.45. The zero-order chi connectivity index (χ0) is 21.1. The van der Waals surface area contributed by atoms with Crippen molar-refractivity contribution < 1.29 is 23.3 Å². The fraction of sp³-hybridized carbons (Fsp3) is 0.364. The van der Waals surface area contributed by atoms with Crippen molar-refractivity contribution in [2.24, 2.45) is 0 Å². The summed E-state index contributed by atoms with van der Waals surface area (Å²) in [5.41, 5.74) is 0.657. The van der Waals surface area contributed by atoms with E-state index in [0.717, 1.165) is 37.1 Å². The van der Waals surface area contributed by atoms with Gasteiger partial charge in [-0.2, -0.15) is 0 Å². The maximum Gasteiger partial charge on any atom is 0.205 e. The van der Waals surface area contributed by atoms with Crippen LogP contribution in [0, 0.1) is 5.82 Å². The zero-order valence-electron chi connectivity index (χ0n) is 17.2. The van der Waals surface area contributed by atoms with Crippen molar-refractivity contribution in [3.05, 3.63) is 42.5 Å². The molecule has 0 spiro atoms. The maximum atomic E-state index is 13.9. The lowest BCUT2D eigenvalue weighted by Gasteiger charge is -2.33. The first-order valence-electron chi connectivity index (χ1n) is 9.76. The van der Waals surface area contributed by atoms with Crippen LogP contribution in [0.3, 0.4) is 0 Å². The van der Waals surface area contributed by atoms with Gasteiger partial charge in [0.25, 0.3) is 0 Å². The Hall–Kier alpha value is -3.29. The molecule has 1 saturated heterocycles. The van der Waals surface area contributed by atoms with Gasteiger partial charge in [0.15, 0.2) is 23.1 Å². The highest BCUT2D eigenvalue weighted by Crippen LogP contribution is 2.44. The number of benzene rings is 2. The Kier molecular flexibility index (Phi) is 5.74. The summed E-state index contributed by atoms with van der Waals surface area (Å²) >= 11 is 0. The highest BCUT2D eigenvalue weighted by Gasteiger charge is 2.26. The van der Waals surface area contributed by atoms with Gasteiger partial charge >= 0.3 is 0 Å². The average Bonchev–Trinajstić information content (AvgIpc) is 2.79. The van der Waals surface area contributed by atoms with Crippen LogP contribution in [0.2, 0.25) is 0 Å². The van der Waals surface area contributed by atoms with Gasteiger partial charge in [0.05, 0.1) is 26.7 Å². The lowest BCUT2D eigenvalue weighted by Crippen LogP contribution is -2.39. The number of anilines is 1.